The minimum Gasteiger partial charge on any atom is -0.457 e. The molecule has 3 aromatic carbocycles. The van der Waals surface area contributed by atoms with Crippen LogP contribution in [0.3, 0.4) is 0 Å². The number of carbonyl (C=O) groups is 1. The molecule has 2 aromatic heterocycles. The first-order valence-electron chi connectivity index (χ1n) is 12.0. The van der Waals surface area contributed by atoms with Crippen LogP contribution in [0.25, 0.3) is 5.00 Å². The number of carbonyl (C=O) groups excluding carboxylic acids is 1. The van der Waals surface area contributed by atoms with Gasteiger partial charge in [0.05, 0.1) is 6.04 Å². The molecule has 0 spiro atoms. The number of benzene rings is 3. The van der Waals surface area contributed by atoms with Crippen molar-refractivity contribution >= 4 is 22.8 Å². The van der Waals surface area contributed by atoms with Crippen molar-refractivity contribution in [3.05, 3.63) is 126 Å². The van der Waals surface area contributed by atoms with E-state index < -0.39 is 0 Å². The molecule has 5 nitrogen and oxygen atoms in total. The third-order valence-electron chi connectivity index (χ3n) is 6.01. The second-order valence-electron chi connectivity index (χ2n) is 8.38. The van der Waals surface area contributed by atoms with Gasteiger partial charge in [0.2, 0.25) is 5.78 Å². The fourth-order valence-electron chi connectivity index (χ4n) is 4.26. The number of Topliss-reactive ketones (excluding diaryl/α,β-unsaturated/α-hetero) is 1. The van der Waals surface area contributed by atoms with Crippen LogP contribution in [0.4, 0.5) is 5.69 Å². The Kier molecular flexibility index (Phi) is 7.24. The summed E-state index contributed by atoms with van der Waals surface area (Å²) in [7, 11) is 0. The van der Waals surface area contributed by atoms with Gasteiger partial charge in [0, 0.05) is 24.6 Å². The number of aromatic nitrogens is 2. The smallest absolute Gasteiger partial charge is 0.220 e. The third-order valence-corrected chi connectivity index (χ3v) is 6.88. The summed E-state index contributed by atoms with van der Waals surface area (Å²) < 4.78 is 7.87. The van der Waals surface area contributed by atoms with Crippen LogP contribution in [0.5, 0.6) is 11.5 Å². The molecule has 0 aliphatic carbocycles. The Morgan fingerprint density at radius 3 is 2.28 bits per heavy atom. The van der Waals surface area contributed by atoms with E-state index in [2.05, 4.69) is 22.0 Å². The Labute approximate surface area is 215 Å². The monoisotopic (exact) mass is 493 g/mol. The number of anilines is 1. The maximum absolute atomic E-state index is 13.9. The number of hydrogen-bond donors (Lipinski definition) is 0. The van der Waals surface area contributed by atoms with Gasteiger partial charge in [-0.15, -0.1) is 11.3 Å². The minimum atomic E-state index is -0.382. The fraction of sp³-hybridized carbons (Fsp3) is 0.133. The van der Waals surface area contributed by atoms with Gasteiger partial charge in [0.25, 0.3) is 0 Å². The molecule has 0 unspecified atom stereocenters. The summed E-state index contributed by atoms with van der Waals surface area (Å²) in [6, 6.07) is 31.5. The van der Waals surface area contributed by atoms with E-state index in [0.717, 1.165) is 27.8 Å². The maximum Gasteiger partial charge on any atom is 0.220 e. The van der Waals surface area contributed by atoms with Gasteiger partial charge in [-0.25, -0.2) is 4.98 Å². The lowest BCUT2D eigenvalue weighted by molar-refractivity contribution is 0.0942. The molecule has 36 heavy (non-hydrogen) atoms. The van der Waals surface area contributed by atoms with Gasteiger partial charge in [0.1, 0.15) is 16.5 Å². The molecule has 0 saturated heterocycles. The Hall–Kier alpha value is -4.16. The van der Waals surface area contributed by atoms with Gasteiger partial charge in [-0.2, -0.15) is 0 Å². The van der Waals surface area contributed by atoms with Crippen molar-refractivity contribution in [2.24, 2.45) is 0 Å². The molecular formula is C30H27N3O2S. The number of imidazole rings is 1. The number of hydrogen-bond acceptors (Lipinski definition) is 5. The first kappa shape index (κ1) is 23.6. The number of thiophene rings is 1. The number of para-hydroxylation sites is 1. The van der Waals surface area contributed by atoms with Gasteiger partial charge in [-0.1, -0.05) is 55.5 Å². The highest BCUT2D eigenvalue weighted by Gasteiger charge is 2.29. The molecule has 5 aromatic rings. The second kappa shape index (κ2) is 11.1. The Morgan fingerprint density at radius 1 is 0.917 bits per heavy atom. The van der Waals surface area contributed by atoms with Crippen LogP contribution in [0.1, 0.15) is 29.5 Å². The molecule has 0 radical (unpaired) electrons. The molecule has 1 atom stereocenters. The zero-order valence-corrected chi connectivity index (χ0v) is 20.8. The maximum atomic E-state index is 13.9. The molecule has 2 heterocycles. The second-order valence-corrected chi connectivity index (χ2v) is 9.31. The van der Waals surface area contributed by atoms with E-state index in [0.29, 0.717) is 18.8 Å². The van der Waals surface area contributed by atoms with E-state index in [1.807, 2.05) is 108 Å². The topological polar surface area (TPSA) is 47.4 Å². The molecule has 5 rings (SSSR count). The number of ether oxygens (including phenoxy) is 1. The lowest BCUT2D eigenvalue weighted by Crippen LogP contribution is -2.41. The van der Waals surface area contributed by atoms with E-state index in [1.165, 1.54) is 0 Å². The highest BCUT2D eigenvalue weighted by molar-refractivity contribution is 7.12. The van der Waals surface area contributed by atoms with E-state index in [4.69, 9.17) is 4.74 Å². The molecule has 0 bridgehead atoms. The van der Waals surface area contributed by atoms with Crippen LogP contribution in [0.2, 0.25) is 0 Å². The molecule has 0 saturated carbocycles. The summed E-state index contributed by atoms with van der Waals surface area (Å²) in [6.45, 7) is 2.65. The molecule has 0 aliphatic heterocycles. The van der Waals surface area contributed by atoms with E-state index in [1.54, 1.807) is 17.5 Å². The highest BCUT2D eigenvalue weighted by Crippen LogP contribution is 2.29. The average molecular weight is 494 g/mol. The normalized spacial score (nSPS) is 11.7. The average Bonchev–Trinajstić information content (AvgIpc) is 3.63. The standard InChI is InChI=1S/C30H27N3O2S/c1-2-27(29(34)30-31-19-20-32(30)28-14-9-21-36-28)33(22-23-10-5-3-6-11-23)24-15-17-26(18-16-24)35-25-12-7-4-8-13-25/h3-21,27H,2,22H2,1H3/t27-/m0/s1. The van der Waals surface area contributed by atoms with E-state index in [-0.39, 0.29) is 11.8 Å². The lowest BCUT2D eigenvalue weighted by atomic mass is 10.0. The Bertz CT molecular complexity index is 1380. The first-order chi connectivity index (χ1) is 17.7. The Balaban J connectivity index is 1.46. The van der Waals surface area contributed by atoms with Crippen molar-refractivity contribution in [1.82, 2.24) is 9.55 Å². The van der Waals surface area contributed by atoms with Crippen molar-refractivity contribution in [3.63, 3.8) is 0 Å². The molecule has 6 heteroatoms. The summed E-state index contributed by atoms with van der Waals surface area (Å²) in [4.78, 5) is 20.5. The highest BCUT2D eigenvalue weighted by atomic mass is 32.1. The van der Waals surface area contributed by atoms with Gasteiger partial charge in [0.15, 0.2) is 5.82 Å². The van der Waals surface area contributed by atoms with E-state index >= 15 is 0 Å². The van der Waals surface area contributed by atoms with Crippen LogP contribution < -0.4 is 9.64 Å². The zero-order valence-electron chi connectivity index (χ0n) is 20.0. The van der Waals surface area contributed by atoms with Crippen molar-refractivity contribution in [2.45, 2.75) is 25.9 Å². The molecule has 0 aliphatic rings. The summed E-state index contributed by atoms with van der Waals surface area (Å²) in [5.41, 5.74) is 2.09. The summed E-state index contributed by atoms with van der Waals surface area (Å²) in [6.07, 6.45) is 4.19. The van der Waals surface area contributed by atoms with Crippen LogP contribution in [-0.4, -0.2) is 21.4 Å². The van der Waals surface area contributed by atoms with Gasteiger partial charge in [-0.05, 0) is 65.9 Å². The minimum absolute atomic E-state index is 0.00329. The number of nitrogens with zero attached hydrogens (tertiary/aromatic N) is 3. The first-order valence-corrected chi connectivity index (χ1v) is 12.9. The molecule has 0 amide bonds. The predicted molar refractivity (Wildman–Crippen MR) is 145 cm³/mol. The quantitative estimate of drug-likeness (QED) is 0.190. The fourth-order valence-corrected chi connectivity index (χ4v) is 4.97. The molecular weight excluding hydrogens is 466 g/mol. The van der Waals surface area contributed by atoms with Crippen molar-refractivity contribution in [3.8, 4) is 16.5 Å². The number of ketones is 1. The number of rotatable bonds is 10. The summed E-state index contributed by atoms with van der Waals surface area (Å²) in [5, 5.41) is 2.98. The van der Waals surface area contributed by atoms with Crippen LogP contribution >= 0.6 is 11.3 Å². The summed E-state index contributed by atoms with van der Waals surface area (Å²) in [5.74, 6) is 1.98. The molecule has 0 fully saturated rings. The van der Waals surface area contributed by atoms with Crippen molar-refractivity contribution in [2.75, 3.05) is 4.90 Å². The molecule has 0 N–H and O–H groups in total. The summed E-state index contributed by atoms with van der Waals surface area (Å²) >= 11 is 1.58. The van der Waals surface area contributed by atoms with Crippen molar-refractivity contribution < 1.29 is 9.53 Å². The third kappa shape index (κ3) is 5.24. The van der Waals surface area contributed by atoms with Crippen LogP contribution in [0.15, 0.2) is 115 Å². The van der Waals surface area contributed by atoms with E-state index in [9.17, 15) is 4.79 Å². The van der Waals surface area contributed by atoms with Gasteiger partial charge < -0.3 is 9.64 Å². The molecule has 180 valence electrons. The van der Waals surface area contributed by atoms with Crippen LogP contribution in [-0.2, 0) is 6.54 Å². The van der Waals surface area contributed by atoms with Gasteiger partial charge >= 0.3 is 0 Å². The van der Waals surface area contributed by atoms with Gasteiger partial charge in [-0.3, -0.25) is 9.36 Å². The Morgan fingerprint density at radius 2 is 1.61 bits per heavy atom. The largest absolute Gasteiger partial charge is 0.457 e. The lowest BCUT2D eigenvalue weighted by Gasteiger charge is -2.32. The van der Waals surface area contributed by atoms with Crippen LogP contribution in [0, 0.1) is 0 Å². The zero-order chi connectivity index (χ0) is 24.7. The predicted octanol–water partition coefficient (Wildman–Crippen LogP) is 7.39. The van der Waals surface area contributed by atoms with Crippen molar-refractivity contribution in [1.29, 1.82) is 0 Å². The SMILES string of the molecule is CC[C@@H](C(=O)c1nccn1-c1cccs1)N(Cc1ccccc1)c1ccc(Oc2ccccc2)cc1.